The number of rotatable bonds is 2. The molecule has 0 bridgehead atoms. The third-order valence-corrected chi connectivity index (χ3v) is 1.53. The third-order valence-electron chi connectivity index (χ3n) is 1.53. The van der Waals surface area contributed by atoms with Crippen LogP contribution in [0.5, 0.6) is 0 Å². The number of nitrogens with two attached hydrogens (primary N) is 1. The Morgan fingerprint density at radius 1 is 1.62 bits per heavy atom. The van der Waals surface area contributed by atoms with Crippen LogP contribution < -0.4 is 5.73 Å². The molecule has 70 valence electrons. The first-order chi connectivity index (χ1) is 6.02. The average molecular weight is 180 g/mol. The smallest absolute Gasteiger partial charge is 0.304 e. The van der Waals surface area contributed by atoms with E-state index in [0.717, 1.165) is 0 Å². The fourth-order valence-corrected chi connectivity index (χ4v) is 1.01. The Bertz CT molecular complexity index is 296. The lowest BCUT2D eigenvalue weighted by Crippen LogP contribution is -2.38. The van der Waals surface area contributed by atoms with Crippen LogP contribution in [-0.4, -0.2) is 11.0 Å². The first-order valence-corrected chi connectivity index (χ1v) is 3.92. The van der Waals surface area contributed by atoms with Gasteiger partial charge in [-0.2, -0.15) is 0 Å². The number of ether oxygens (including phenoxy) is 1. The summed E-state index contributed by atoms with van der Waals surface area (Å²) in [6.45, 7) is 2.91. The summed E-state index contributed by atoms with van der Waals surface area (Å²) in [5.74, 6) is -0.421. The van der Waals surface area contributed by atoms with Gasteiger partial charge in [-0.1, -0.05) is 6.07 Å². The van der Waals surface area contributed by atoms with Gasteiger partial charge in [0.05, 0.1) is 5.69 Å². The van der Waals surface area contributed by atoms with Crippen molar-refractivity contribution in [3.8, 4) is 0 Å². The molecule has 0 spiro atoms. The molecule has 0 fully saturated rings. The second-order valence-corrected chi connectivity index (χ2v) is 2.92. The summed E-state index contributed by atoms with van der Waals surface area (Å²) in [6, 6.07) is 5.27. The molecule has 1 rings (SSSR count). The lowest BCUT2D eigenvalue weighted by Gasteiger charge is -2.22. The van der Waals surface area contributed by atoms with Gasteiger partial charge in [0.2, 0.25) is 5.72 Å². The molecule has 0 aliphatic rings. The van der Waals surface area contributed by atoms with E-state index in [9.17, 15) is 4.79 Å². The number of esters is 1. The first-order valence-electron chi connectivity index (χ1n) is 3.92. The van der Waals surface area contributed by atoms with E-state index in [1.807, 2.05) is 0 Å². The van der Waals surface area contributed by atoms with Gasteiger partial charge < -0.3 is 4.74 Å². The van der Waals surface area contributed by atoms with Gasteiger partial charge in [-0.15, -0.1) is 0 Å². The zero-order valence-corrected chi connectivity index (χ0v) is 7.65. The van der Waals surface area contributed by atoms with Gasteiger partial charge in [0.1, 0.15) is 0 Å². The summed E-state index contributed by atoms with van der Waals surface area (Å²) in [6.07, 6.45) is 1.60. The van der Waals surface area contributed by atoms with Crippen molar-refractivity contribution in [1.29, 1.82) is 0 Å². The minimum absolute atomic E-state index is 0.421. The summed E-state index contributed by atoms with van der Waals surface area (Å²) >= 11 is 0. The molecule has 0 saturated heterocycles. The second kappa shape index (κ2) is 3.53. The van der Waals surface area contributed by atoms with E-state index in [-0.39, 0.29) is 0 Å². The van der Waals surface area contributed by atoms with Crippen LogP contribution in [0.15, 0.2) is 24.4 Å². The minimum Gasteiger partial charge on any atom is -0.439 e. The topological polar surface area (TPSA) is 65.2 Å². The minimum atomic E-state index is -1.15. The molecule has 0 radical (unpaired) electrons. The monoisotopic (exact) mass is 180 g/mol. The molecule has 0 amide bonds. The molecule has 0 aliphatic carbocycles. The van der Waals surface area contributed by atoms with Crippen LogP contribution in [-0.2, 0) is 15.3 Å². The van der Waals surface area contributed by atoms with Gasteiger partial charge >= 0.3 is 5.97 Å². The van der Waals surface area contributed by atoms with Crippen LogP contribution in [0, 0.1) is 0 Å². The highest BCUT2D eigenvalue weighted by molar-refractivity contribution is 5.66. The molecule has 0 saturated carbocycles. The van der Waals surface area contributed by atoms with E-state index < -0.39 is 11.7 Å². The number of carbonyl (C=O) groups excluding carboxylic acids is 1. The van der Waals surface area contributed by atoms with Crippen LogP contribution in [0.3, 0.4) is 0 Å². The summed E-state index contributed by atoms with van der Waals surface area (Å²) in [5, 5.41) is 0. The molecular weight excluding hydrogens is 168 g/mol. The Morgan fingerprint density at radius 2 is 2.31 bits per heavy atom. The predicted molar refractivity (Wildman–Crippen MR) is 47.5 cm³/mol. The third kappa shape index (κ3) is 2.52. The highest BCUT2D eigenvalue weighted by atomic mass is 16.6. The van der Waals surface area contributed by atoms with Crippen molar-refractivity contribution >= 4 is 5.97 Å². The van der Waals surface area contributed by atoms with Crippen molar-refractivity contribution in [2.45, 2.75) is 19.6 Å². The van der Waals surface area contributed by atoms with E-state index in [1.165, 1.54) is 6.92 Å². The summed E-state index contributed by atoms with van der Waals surface area (Å²) < 4.78 is 4.90. The molecule has 0 aliphatic heterocycles. The van der Waals surface area contributed by atoms with E-state index >= 15 is 0 Å². The lowest BCUT2D eigenvalue weighted by molar-refractivity contribution is -0.156. The van der Waals surface area contributed by atoms with Crippen LogP contribution >= 0.6 is 0 Å². The normalized spacial score (nSPS) is 14.7. The molecular formula is C9H12N2O2. The quantitative estimate of drug-likeness (QED) is 0.539. The largest absolute Gasteiger partial charge is 0.439 e. The maximum Gasteiger partial charge on any atom is 0.304 e. The van der Waals surface area contributed by atoms with Gasteiger partial charge in [-0.3, -0.25) is 15.5 Å². The number of hydrogen-bond acceptors (Lipinski definition) is 4. The Morgan fingerprint density at radius 3 is 2.77 bits per heavy atom. The van der Waals surface area contributed by atoms with Crippen molar-refractivity contribution in [3.05, 3.63) is 30.1 Å². The average Bonchev–Trinajstić information content (AvgIpc) is 2.04. The fourth-order valence-electron chi connectivity index (χ4n) is 1.01. The maximum absolute atomic E-state index is 10.7. The number of pyridine rings is 1. The number of nitrogens with zero attached hydrogens (tertiary/aromatic N) is 1. The highest BCUT2D eigenvalue weighted by Crippen LogP contribution is 2.15. The summed E-state index contributed by atoms with van der Waals surface area (Å²) in [4.78, 5) is 14.7. The van der Waals surface area contributed by atoms with Gasteiger partial charge in [0, 0.05) is 13.1 Å². The SMILES string of the molecule is CC(=O)OC(C)(N)c1ccccn1. The predicted octanol–water partition coefficient (Wildman–Crippen LogP) is 0.776. The van der Waals surface area contributed by atoms with E-state index in [0.29, 0.717) is 5.69 Å². The van der Waals surface area contributed by atoms with Crippen LogP contribution in [0.25, 0.3) is 0 Å². The molecule has 4 heteroatoms. The first kappa shape index (κ1) is 9.67. The Balaban J connectivity index is 2.87. The Kier molecular flexibility index (Phi) is 2.63. The van der Waals surface area contributed by atoms with Crippen molar-refractivity contribution < 1.29 is 9.53 Å². The molecule has 1 aromatic heterocycles. The van der Waals surface area contributed by atoms with E-state index in [2.05, 4.69) is 4.98 Å². The van der Waals surface area contributed by atoms with Gasteiger partial charge in [-0.05, 0) is 19.1 Å². The van der Waals surface area contributed by atoms with Crippen molar-refractivity contribution in [2.24, 2.45) is 5.73 Å². The number of carbonyl (C=O) groups is 1. The van der Waals surface area contributed by atoms with Crippen molar-refractivity contribution in [1.82, 2.24) is 4.98 Å². The summed E-state index contributed by atoms with van der Waals surface area (Å²) in [7, 11) is 0. The van der Waals surface area contributed by atoms with Gasteiger partial charge in [0.25, 0.3) is 0 Å². The zero-order valence-electron chi connectivity index (χ0n) is 7.65. The van der Waals surface area contributed by atoms with Crippen molar-refractivity contribution in [2.75, 3.05) is 0 Å². The maximum atomic E-state index is 10.7. The zero-order chi connectivity index (χ0) is 9.90. The Hall–Kier alpha value is -1.42. The number of aromatic nitrogens is 1. The highest BCUT2D eigenvalue weighted by Gasteiger charge is 2.25. The fraction of sp³-hybridized carbons (Fsp3) is 0.333. The number of hydrogen-bond donors (Lipinski definition) is 1. The van der Waals surface area contributed by atoms with Crippen LogP contribution in [0.4, 0.5) is 0 Å². The Labute approximate surface area is 76.7 Å². The molecule has 0 aromatic carbocycles. The van der Waals surface area contributed by atoms with Crippen LogP contribution in [0.2, 0.25) is 0 Å². The standard InChI is InChI=1S/C9H12N2O2/c1-7(12)13-9(2,10)8-5-3-4-6-11-8/h3-6H,10H2,1-2H3. The molecule has 1 heterocycles. The lowest BCUT2D eigenvalue weighted by atomic mass is 10.2. The molecule has 1 atom stereocenters. The molecule has 4 nitrogen and oxygen atoms in total. The molecule has 1 unspecified atom stereocenters. The van der Waals surface area contributed by atoms with Gasteiger partial charge in [-0.25, -0.2) is 0 Å². The molecule has 2 N–H and O–H groups in total. The van der Waals surface area contributed by atoms with E-state index in [1.54, 1.807) is 31.3 Å². The van der Waals surface area contributed by atoms with Crippen LogP contribution in [0.1, 0.15) is 19.5 Å². The molecule has 1 aromatic rings. The summed E-state index contributed by atoms with van der Waals surface area (Å²) in [5.41, 5.74) is 5.12. The second-order valence-electron chi connectivity index (χ2n) is 2.92. The van der Waals surface area contributed by atoms with Gasteiger partial charge in [0.15, 0.2) is 0 Å². The van der Waals surface area contributed by atoms with Crippen molar-refractivity contribution in [3.63, 3.8) is 0 Å². The van der Waals surface area contributed by atoms with E-state index in [4.69, 9.17) is 10.5 Å². The molecule has 13 heavy (non-hydrogen) atoms.